The molecule has 3 rings (SSSR count). The number of rotatable bonds is 3. The van der Waals surface area contributed by atoms with Gasteiger partial charge in [0, 0.05) is 18.8 Å². The van der Waals surface area contributed by atoms with Crippen LogP contribution in [0.4, 0.5) is 17.1 Å². The standard InChI is InChI=1S/C19H18N4O3/c20-13-14-5-7-15(8-6-14)21-18(24)19(25)22-16-3-1-2-4-17(16)23-9-11-26-12-10-23/h1-8H,9-12H2,(H,21,24)(H,22,25). The van der Waals surface area contributed by atoms with E-state index in [1.807, 2.05) is 18.2 Å². The van der Waals surface area contributed by atoms with Crippen molar-refractivity contribution in [3.8, 4) is 6.07 Å². The Bertz CT molecular complexity index is 837. The zero-order valence-corrected chi connectivity index (χ0v) is 14.1. The number of carbonyl (C=O) groups is 2. The molecule has 0 unspecified atom stereocenters. The molecule has 0 aliphatic carbocycles. The van der Waals surface area contributed by atoms with Gasteiger partial charge in [0.25, 0.3) is 0 Å². The molecule has 0 atom stereocenters. The van der Waals surface area contributed by atoms with Crippen LogP contribution >= 0.6 is 0 Å². The molecule has 132 valence electrons. The summed E-state index contributed by atoms with van der Waals surface area (Å²) in [4.78, 5) is 26.5. The number of nitrogens with one attached hydrogen (secondary N) is 2. The molecule has 1 fully saturated rings. The molecule has 0 radical (unpaired) electrons. The number of amides is 2. The SMILES string of the molecule is N#Cc1ccc(NC(=O)C(=O)Nc2ccccc2N2CCOCC2)cc1. The van der Waals surface area contributed by atoms with Crippen molar-refractivity contribution in [3.05, 3.63) is 54.1 Å². The van der Waals surface area contributed by atoms with Crippen LogP contribution in [0.2, 0.25) is 0 Å². The Morgan fingerprint density at radius 3 is 2.31 bits per heavy atom. The highest BCUT2D eigenvalue weighted by molar-refractivity contribution is 6.43. The third-order valence-electron chi connectivity index (χ3n) is 3.98. The van der Waals surface area contributed by atoms with Crippen molar-refractivity contribution >= 4 is 28.9 Å². The quantitative estimate of drug-likeness (QED) is 0.826. The lowest BCUT2D eigenvalue weighted by Crippen LogP contribution is -2.37. The van der Waals surface area contributed by atoms with Gasteiger partial charge in [-0.2, -0.15) is 5.26 Å². The molecule has 1 heterocycles. The first kappa shape index (κ1) is 17.5. The minimum atomic E-state index is -0.772. The zero-order valence-electron chi connectivity index (χ0n) is 14.1. The number of nitriles is 1. The fourth-order valence-electron chi connectivity index (χ4n) is 2.65. The van der Waals surface area contributed by atoms with Gasteiger partial charge in [0.15, 0.2) is 0 Å². The van der Waals surface area contributed by atoms with Crippen LogP contribution in [-0.2, 0) is 14.3 Å². The summed E-state index contributed by atoms with van der Waals surface area (Å²) >= 11 is 0. The number of hydrogen-bond acceptors (Lipinski definition) is 5. The van der Waals surface area contributed by atoms with Gasteiger partial charge in [-0.05, 0) is 36.4 Å². The molecular weight excluding hydrogens is 332 g/mol. The maximum Gasteiger partial charge on any atom is 0.314 e. The Morgan fingerprint density at radius 2 is 1.62 bits per heavy atom. The van der Waals surface area contributed by atoms with E-state index < -0.39 is 11.8 Å². The van der Waals surface area contributed by atoms with E-state index in [1.54, 1.807) is 36.4 Å². The maximum absolute atomic E-state index is 12.3. The lowest BCUT2D eigenvalue weighted by molar-refractivity contribution is -0.132. The highest BCUT2D eigenvalue weighted by atomic mass is 16.5. The van der Waals surface area contributed by atoms with Crippen LogP contribution in [0.25, 0.3) is 0 Å². The normalized spacial score (nSPS) is 13.6. The number of morpholine rings is 1. The first-order valence-electron chi connectivity index (χ1n) is 8.21. The Kier molecular flexibility index (Phi) is 5.46. The third-order valence-corrected chi connectivity index (χ3v) is 3.98. The fraction of sp³-hybridized carbons (Fsp3) is 0.211. The highest BCUT2D eigenvalue weighted by Crippen LogP contribution is 2.26. The van der Waals surface area contributed by atoms with Crippen LogP contribution in [0.5, 0.6) is 0 Å². The van der Waals surface area contributed by atoms with Gasteiger partial charge in [-0.25, -0.2) is 0 Å². The number of benzene rings is 2. The highest BCUT2D eigenvalue weighted by Gasteiger charge is 2.19. The molecule has 1 saturated heterocycles. The molecule has 0 aromatic heterocycles. The number of carbonyl (C=O) groups excluding carboxylic acids is 2. The number of nitrogens with zero attached hydrogens (tertiary/aromatic N) is 2. The molecule has 26 heavy (non-hydrogen) atoms. The van der Waals surface area contributed by atoms with E-state index >= 15 is 0 Å². The van der Waals surface area contributed by atoms with E-state index in [0.717, 1.165) is 18.8 Å². The second-order valence-electron chi connectivity index (χ2n) is 5.71. The number of hydrogen-bond donors (Lipinski definition) is 2. The number of anilines is 3. The predicted molar refractivity (Wildman–Crippen MR) is 97.9 cm³/mol. The van der Waals surface area contributed by atoms with E-state index in [1.165, 1.54) is 0 Å². The summed E-state index contributed by atoms with van der Waals surface area (Å²) in [6.45, 7) is 2.71. The van der Waals surface area contributed by atoms with Crippen LogP contribution in [-0.4, -0.2) is 38.1 Å². The second kappa shape index (κ2) is 8.14. The topological polar surface area (TPSA) is 94.5 Å². The Hall–Kier alpha value is -3.37. The molecule has 2 N–H and O–H groups in total. The van der Waals surface area contributed by atoms with E-state index in [2.05, 4.69) is 15.5 Å². The average Bonchev–Trinajstić information content (AvgIpc) is 2.69. The molecule has 1 aliphatic rings. The van der Waals surface area contributed by atoms with E-state index in [9.17, 15) is 9.59 Å². The largest absolute Gasteiger partial charge is 0.378 e. The smallest absolute Gasteiger partial charge is 0.314 e. The summed E-state index contributed by atoms with van der Waals surface area (Å²) in [5.41, 5.74) is 2.36. The molecule has 7 heteroatoms. The number of ether oxygens (including phenoxy) is 1. The van der Waals surface area contributed by atoms with Gasteiger partial charge in [-0.1, -0.05) is 12.1 Å². The monoisotopic (exact) mass is 350 g/mol. The van der Waals surface area contributed by atoms with Crippen molar-refractivity contribution in [2.24, 2.45) is 0 Å². The van der Waals surface area contributed by atoms with Crippen molar-refractivity contribution in [2.45, 2.75) is 0 Å². The van der Waals surface area contributed by atoms with Crippen LogP contribution in [0.15, 0.2) is 48.5 Å². The van der Waals surface area contributed by atoms with E-state index in [0.29, 0.717) is 30.2 Å². The Morgan fingerprint density at radius 1 is 0.962 bits per heavy atom. The summed E-state index contributed by atoms with van der Waals surface area (Å²) in [6, 6.07) is 15.6. The fourth-order valence-corrected chi connectivity index (χ4v) is 2.65. The minimum Gasteiger partial charge on any atom is -0.378 e. The van der Waals surface area contributed by atoms with Crippen molar-refractivity contribution in [3.63, 3.8) is 0 Å². The first-order valence-corrected chi connectivity index (χ1v) is 8.21. The zero-order chi connectivity index (χ0) is 18.4. The second-order valence-corrected chi connectivity index (χ2v) is 5.71. The molecule has 0 spiro atoms. The van der Waals surface area contributed by atoms with Gasteiger partial charge in [0.05, 0.1) is 36.2 Å². The maximum atomic E-state index is 12.3. The summed E-state index contributed by atoms with van der Waals surface area (Å²) in [5.74, 6) is -1.53. The van der Waals surface area contributed by atoms with Crippen LogP contribution in [0.3, 0.4) is 0 Å². The van der Waals surface area contributed by atoms with Gasteiger partial charge >= 0.3 is 11.8 Å². The van der Waals surface area contributed by atoms with Gasteiger partial charge in [-0.3, -0.25) is 9.59 Å². The summed E-state index contributed by atoms with van der Waals surface area (Å²) in [7, 11) is 0. The van der Waals surface area contributed by atoms with Gasteiger partial charge in [0.1, 0.15) is 0 Å². The lowest BCUT2D eigenvalue weighted by atomic mass is 10.2. The summed E-state index contributed by atoms with van der Waals surface area (Å²) < 4.78 is 5.35. The first-order chi connectivity index (χ1) is 12.7. The molecule has 7 nitrogen and oxygen atoms in total. The van der Waals surface area contributed by atoms with Gasteiger partial charge in [0.2, 0.25) is 0 Å². The summed E-state index contributed by atoms with van der Waals surface area (Å²) in [6.07, 6.45) is 0. The molecule has 0 saturated carbocycles. The van der Waals surface area contributed by atoms with Crippen molar-refractivity contribution in [1.29, 1.82) is 5.26 Å². The molecule has 0 bridgehead atoms. The van der Waals surface area contributed by atoms with Crippen molar-refractivity contribution in [2.75, 3.05) is 41.8 Å². The predicted octanol–water partition coefficient (Wildman–Crippen LogP) is 1.97. The van der Waals surface area contributed by atoms with E-state index in [-0.39, 0.29) is 0 Å². The van der Waals surface area contributed by atoms with Crippen LogP contribution in [0, 0.1) is 11.3 Å². The minimum absolute atomic E-state index is 0.450. The number of para-hydroxylation sites is 2. The van der Waals surface area contributed by atoms with Crippen LogP contribution in [0.1, 0.15) is 5.56 Å². The molecular formula is C19H18N4O3. The summed E-state index contributed by atoms with van der Waals surface area (Å²) in [5, 5.41) is 14.0. The van der Waals surface area contributed by atoms with Crippen LogP contribution < -0.4 is 15.5 Å². The Labute approximate surface area is 151 Å². The Balaban J connectivity index is 1.67. The van der Waals surface area contributed by atoms with Crippen molar-refractivity contribution < 1.29 is 14.3 Å². The molecule has 2 amide bonds. The van der Waals surface area contributed by atoms with Gasteiger partial charge < -0.3 is 20.3 Å². The molecule has 1 aliphatic heterocycles. The average molecular weight is 350 g/mol. The molecule has 2 aromatic rings. The van der Waals surface area contributed by atoms with Crippen molar-refractivity contribution in [1.82, 2.24) is 0 Å². The third kappa shape index (κ3) is 4.18. The van der Waals surface area contributed by atoms with Gasteiger partial charge in [-0.15, -0.1) is 0 Å². The van der Waals surface area contributed by atoms with E-state index in [4.69, 9.17) is 10.00 Å². The lowest BCUT2D eigenvalue weighted by Gasteiger charge is -2.30. The molecule has 2 aromatic carbocycles.